The van der Waals surface area contributed by atoms with Crippen molar-refractivity contribution in [2.75, 3.05) is 13.7 Å². The molecule has 0 fully saturated rings. The van der Waals surface area contributed by atoms with Gasteiger partial charge in [0.15, 0.2) is 4.80 Å². The zero-order chi connectivity index (χ0) is 20.8. The average molecular weight is 413 g/mol. The van der Waals surface area contributed by atoms with Crippen LogP contribution in [0.15, 0.2) is 47.5 Å². The molecule has 6 nitrogen and oxygen atoms in total. The van der Waals surface area contributed by atoms with E-state index in [1.54, 1.807) is 28.8 Å². The molecule has 0 aliphatic rings. The van der Waals surface area contributed by atoms with Crippen LogP contribution in [0.4, 0.5) is 0 Å². The smallest absolute Gasteiger partial charge is 0.325 e. The molecule has 1 aromatic heterocycles. The van der Waals surface area contributed by atoms with Gasteiger partial charge in [0.25, 0.3) is 5.91 Å². The molecule has 0 atom stereocenters. The first-order chi connectivity index (χ1) is 14.0. The Labute approximate surface area is 173 Å². The molecule has 0 aliphatic heterocycles. The number of benzene rings is 2. The summed E-state index contributed by atoms with van der Waals surface area (Å²) >= 11 is 1.37. The van der Waals surface area contributed by atoms with E-state index in [1.165, 1.54) is 18.4 Å². The molecule has 3 aromatic rings. The highest BCUT2D eigenvalue weighted by Gasteiger charge is 2.14. The predicted octanol–water partition coefficient (Wildman–Crippen LogP) is 4.10. The number of hydrogen-bond acceptors (Lipinski definition) is 5. The number of carbonyl (C=O) groups is 2. The molecule has 0 saturated carbocycles. The summed E-state index contributed by atoms with van der Waals surface area (Å²) in [6, 6.07) is 12.8. The lowest BCUT2D eigenvalue weighted by molar-refractivity contribution is -0.141. The molecule has 2 aromatic carbocycles. The molecule has 0 aliphatic carbocycles. The van der Waals surface area contributed by atoms with Crippen molar-refractivity contribution in [1.29, 1.82) is 0 Å². The molecular formula is C22H24N2O4S. The van der Waals surface area contributed by atoms with Crippen molar-refractivity contribution >= 4 is 33.4 Å². The second kappa shape index (κ2) is 9.52. The van der Waals surface area contributed by atoms with Gasteiger partial charge in [-0.2, -0.15) is 4.99 Å². The van der Waals surface area contributed by atoms with Crippen LogP contribution in [0.1, 0.15) is 35.7 Å². The van der Waals surface area contributed by atoms with Crippen LogP contribution in [-0.4, -0.2) is 30.2 Å². The largest absolute Gasteiger partial charge is 0.494 e. The monoisotopic (exact) mass is 412 g/mol. The summed E-state index contributed by atoms with van der Waals surface area (Å²) in [7, 11) is 1.34. The zero-order valence-electron chi connectivity index (χ0n) is 16.8. The standard InChI is InChI=1S/C22H24N2O4S/c1-4-5-13-28-17-11-9-16(10-12-17)21(26)23-22-24(14-19(25)27-3)20-15(2)7-6-8-18(20)29-22/h6-12H,4-5,13-14H2,1-3H3. The van der Waals surface area contributed by atoms with Gasteiger partial charge in [0.2, 0.25) is 0 Å². The number of methoxy groups -OCH3 is 1. The Morgan fingerprint density at radius 3 is 2.59 bits per heavy atom. The number of aromatic nitrogens is 1. The molecule has 7 heteroatoms. The molecule has 0 bridgehead atoms. The van der Waals surface area contributed by atoms with Gasteiger partial charge in [0, 0.05) is 5.56 Å². The first kappa shape index (κ1) is 20.8. The highest BCUT2D eigenvalue weighted by molar-refractivity contribution is 7.16. The van der Waals surface area contributed by atoms with E-state index in [9.17, 15) is 9.59 Å². The van der Waals surface area contributed by atoms with E-state index >= 15 is 0 Å². The van der Waals surface area contributed by atoms with Gasteiger partial charge in [0.1, 0.15) is 12.3 Å². The Kier molecular flexibility index (Phi) is 6.82. The van der Waals surface area contributed by atoms with Crippen LogP contribution in [0, 0.1) is 6.92 Å². The van der Waals surface area contributed by atoms with Crippen molar-refractivity contribution in [3.05, 3.63) is 58.4 Å². The summed E-state index contributed by atoms with van der Waals surface area (Å²) in [6.07, 6.45) is 2.05. The molecule has 0 N–H and O–H groups in total. The number of hydrogen-bond donors (Lipinski definition) is 0. The minimum Gasteiger partial charge on any atom is -0.494 e. The maximum Gasteiger partial charge on any atom is 0.325 e. The van der Waals surface area contributed by atoms with Gasteiger partial charge in [0.05, 0.1) is 23.9 Å². The van der Waals surface area contributed by atoms with Gasteiger partial charge in [-0.05, 0) is 49.2 Å². The van der Waals surface area contributed by atoms with Crippen molar-refractivity contribution < 1.29 is 19.1 Å². The summed E-state index contributed by atoms with van der Waals surface area (Å²) in [6.45, 7) is 4.72. The third-order valence-corrected chi connectivity index (χ3v) is 5.53. The van der Waals surface area contributed by atoms with Crippen LogP contribution in [0.5, 0.6) is 5.75 Å². The Hall–Kier alpha value is -2.93. The molecule has 3 rings (SSSR count). The summed E-state index contributed by atoms with van der Waals surface area (Å²) in [5, 5.41) is 0. The molecule has 0 unspecified atom stereocenters. The fraction of sp³-hybridized carbons (Fsp3) is 0.318. The number of thiazole rings is 1. The third kappa shape index (κ3) is 4.92. The predicted molar refractivity (Wildman–Crippen MR) is 113 cm³/mol. The van der Waals surface area contributed by atoms with Crippen molar-refractivity contribution in [1.82, 2.24) is 4.57 Å². The van der Waals surface area contributed by atoms with Gasteiger partial charge < -0.3 is 14.0 Å². The first-order valence-electron chi connectivity index (χ1n) is 9.51. The molecule has 152 valence electrons. The topological polar surface area (TPSA) is 69.9 Å². The van der Waals surface area contributed by atoms with E-state index in [4.69, 9.17) is 9.47 Å². The second-order valence-corrected chi connectivity index (χ2v) is 7.62. The number of carbonyl (C=O) groups excluding carboxylic acids is 2. The summed E-state index contributed by atoms with van der Waals surface area (Å²) in [4.78, 5) is 29.4. The van der Waals surface area contributed by atoms with Crippen molar-refractivity contribution in [3.8, 4) is 5.75 Å². The Bertz CT molecular complexity index is 1080. The molecule has 0 radical (unpaired) electrons. The first-order valence-corrected chi connectivity index (χ1v) is 10.3. The molecule has 0 spiro atoms. The quantitative estimate of drug-likeness (QED) is 0.433. The number of fused-ring (bicyclic) bond motifs is 1. The van der Waals surface area contributed by atoms with Crippen molar-refractivity contribution in [2.24, 2.45) is 4.99 Å². The molecular weight excluding hydrogens is 388 g/mol. The van der Waals surface area contributed by atoms with Crippen LogP contribution in [0.25, 0.3) is 10.2 Å². The number of rotatable bonds is 7. The van der Waals surface area contributed by atoms with E-state index in [1.807, 2.05) is 25.1 Å². The number of unbranched alkanes of at least 4 members (excludes halogenated alkanes) is 1. The van der Waals surface area contributed by atoms with E-state index in [-0.39, 0.29) is 12.5 Å². The average Bonchev–Trinajstić information content (AvgIpc) is 3.06. The van der Waals surface area contributed by atoms with Gasteiger partial charge >= 0.3 is 5.97 Å². The van der Waals surface area contributed by atoms with E-state index < -0.39 is 5.97 Å². The van der Waals surface area contributed by atoms with Crippen LogP contribution in [0.3, 0.4) is 0 Å². The normalized spacial score (nSPS) is 11.6. The minimum absolute atomic E-state index is 0.00231. The third-order valence-electron chi connectivity index (χ3n) is 4.48. The van der Waals surface area contributed by atoms with E-state index in [2.05, 4.69) is 11.9 Å². The zero-order valence-corrected chi connectivity index (χ0v) is 17.6. The molecule has 1 heterocycles. The minimum atomic E-state index is -0.393. The number of aryl methyl sites for hydroxylation is 1. The number of amides is 1. The highest BCUT2D eigenvalue weighted by atomic mass is 32.1. The van der Waals surface area contributed by atoms with Gasteiger partial charge in [-0.15, -0.1) is 0 Å². The van der Waals surface area contributed by atoms with Gasteiger partial charge in [-0.25, -0.2) is 0 Å². The lowest BCUT2D eigenvalue weighted by Gasteiger charge is -2.06. The summed E-state index contributed by atoms with van der Waals surface area (Å²) in [5.41, 5.74) is 2.35. The fourth-order valence-corrected chi connectivity index (χ4v) is 4.02. The number of nitrogens with zero attached hydrogens (tertiary/aromatic N) is 2. The van der Waals surface area contributed by atoms with Crippen LogP contribution in [0.2, 0.25) is 0 Å². The van der Waals surface area contributed by atoms with Crippen molar-refractivity contribution in [3.63, 3.8) is 0 Å². The molecule has 1 amide bonds. The van der Waals surface area contributed by atoms with Crippen molar-refractivity contribution in [2.45, 2.75) is 33.2 Å². The Balaban J connectivity index is 1.94. The SMILES string of the molecule is CCCCOc1ccc(C(=O)N=c2sc3cccc(C)c3n2CC(=O)OC)cc1. The number of para-hydroxylation sites is 1. The summed E-state index contributed by atoms with van der Waals surface area (Å²) < 4.78 is 13.1. The van der Waals surface area contributed by atoms with E-state index in [0.29, 0.717) is 17.0 Å². The van der Waals surface area contributed by atoms with Crippen LogP contribution in [-0.2, 0) is 16.1 Å². The summed E-state index contributed by atoms with van der Waals surface area (Å²) in [5.74, 6) is -0.0309. The van der Waals surface area contributed by atoms with Gasteiger partial charge in [-0.1, -0.05) is 36.8 Å². The lowest BCUT2D eigenvalue weighted by atomic mass is 10.2. The maximum absolute atomic E-state index is 12.7. The Morgan fingerprint density at radius 2 is 1.90 bits per heavy atom. The van der Waals surface area contributed by atoms with E-state index in [0.717, 1.165) is 34.4 Å². The van der Waals surface area contributed by atoms with Crippen LogP contribution < -0.4 is 9.54 Å². The van der Waals surface area contributed by atoms with Gasteiger partial charge in [-0.3, -0.25) is 9.59 Å². The molecule has 0 saturated heterocycles. The van der Waals surface area contributed by atoms with Crippen LogP contribution >= 0.6 is 11.3 Å². The number of esters is 1. The maximum atomic E-state index is 12.7. The Morgan fingerprint density at radius 1 is 1.14 bits per heavy atom. The molecule has 29 heavy (non-hydrogen) atoms. The fourth-order valence-electron chi connectivity index (χ4n) is 2.91. The highest BCUT2D eigenvalue weighted by Crippen LogP contribution is 2.21. The second-order valence-electron chi connectivity index (χ2n) is 6.61. The number of ether oxygens (including phenoxy) is 2. The lowest BCUT2D eigenvalue weighted by Crippen LogP contribution is -2.22.